The van der Waals surface area contributed by atoms with E-state index in [2.05, 4.69) is 16.0 Å². The van der Waals surface area contributed by atoms with Gasteiger partial charge in [0.05, 0.1) is 17.5 Å². The van der Waals surface area contributed by atoms with E-state index in [4.69, 9.17) is 11.6 Å². The molecular formula is C16H19ClFN3O2. The largest absolute Gasteiger partial charge is 0.350 e. The average Bonchev–Trinajstić information content (AvgIpc) is 2.51. The molecule has 3 N–H and O–H groups in total. The van der Waals surface area contributed by atoms with Crippen molar-refractivity contribution >= 4 is 29.1 Å². The van der Waals surface area contributed by atoms with Crippen molar-refractivity contribution in [1.82, 2.24) is 10.6 Å². The highest BCUT2D eigenvalue weighted by molar-refractivity contribution is 6.31. The summed E-state index contributed by atoms with van der Waals surface area (Å²) in [6, 6.07) is 3.84. The van der Waals surface area contributed by atoms with Gasteiger partial charge in [-0.05, 0) is 31.0 Å². The first kappa shape index (κ1) is 16.2. The number of piperazine rings is 1. The Balaban J connectivity index is 1.58. The fourth-order valence-electron chi connectivity index (χ4n) is 3.24. The number of carbonyl (C=O) groups excluding carboxylic acids is 2. The van der Waals surface area contributed by atoms with Crippen molar-refractivity contribution in [2.75, 3.05) is 5.32 Å². The summed E-state index contributed by atoms with van der Waals surface area (Å²) in [6.45, 7) is 0. The first-order chi connectivity index (χ1) is 11.0. The van der Waals surface area contributed by atoms with Gasteiger partial charge in [0.1, 0.15) is 5.82 Å². The average molecular weight is 340 g/mol. The summed E-state index contributed by atoms with van der Waals surface area (Å²) in [4.78, 5) is 24.2. The van der Waals surface area contributed by atoms with Gasteiger partial charge in [-0.25, -0.2) is 4.39 Å². The molecule has 23 heavy (non-hydrogen) atoms. The first-order valence-electron chi connectivity index (χ1n) is 7.84. The number of rotatable bonds is 3. The van der Waals surface area contributed by atoms with Crippen molar-refractivity contribution in [3.05, 3.63) is 29.0 Å². The highest BCUT2D eigenvalue weighted by atomic mass is 35.5. The van der Waals surface area contributed by atoms with E-state index in [0.29, 0.717) is 5.69 Å². The molecule has 0 unspecified atom stereocenters. The molecule has 0 spiro atoms. The molecule has 1 saturated heterocycles. The predicted molar refractivity (Wildman–Crippen MR) is 85.8 cm³/mol. The molecule has 1 aromatic carbocycles. The Bertz CT molecular complexity index is 625. The molecule has 2 amide bonds. The van der Waals surface area contributed by atoms with E-state index in [1.165, 1.54) is 18.2 Å². The lowest BCUT2D eigenvalue weighted by Crippen LogP contribution is -2.65. The second kappa shape index (κ2) is 6.84. The molecule has 5 nitrogen and oxygen atoms in total. The Hall–Kier alpha value is -1.66. The first-order valence-corrected chi connectivity index (χ1v) is 8.22. The summed E-state index contributed by atoms with van der Waals surface area (Å²) in [5.74, 6) is -0.989. The van der Waals surface area contributed by atoms with Crippen LogP contribution >= 0.6 is 11.6 Å². The van der Waals surface area contributed by atoms with Crippen LogP contribution in [0.5, 0.6) is 0 Å². The van der Waals surface area contributed by atoms with Crippen LogP contribution < -0.4 is 16.0 Å². The van der Waals surface area contributed by atoms with E-state index in [-0.39, 0.29) is 35.3 Å². The molecular weight excluding hydrogens is 321 g/mol. The quantitative estimate of drug-likeness (QED) is 0.790. The SMILES string of the molecule is O=C(C[C@H]1N[C@@H]2CCCC[C@@H]2NC1=O)Nc1ccc(F)c(Cl)c1. The zero-order valence-electron chi connectivity index (χ0n) is 12.6. The predicted octanol–water partition coefficient (Wildman–Crippen LogP) is 2.21. The lowest BCUT2D eigenvalue weighted by molar-refractivity contribution is -0.129. The summed E-state index contributed by atoms with van der Waals surface area (Å²) in [6.07, 6.45) is 4.29. The monoisotopic (exact) mass is 339 g/mol. The van der Waals surface area contributed by atoms with Gasteiger partial charge >= 0.3 is 0 Å². The van der Waals surface area contributed by atoms with Gasteiger partial charge in [-0.3, -0.25) is 9.59 Å². The number of anilines is 1. The van der Waals surface area contributed by atoms with E-state index in [0.717, 1.165) is 25.7 Å². The van der Waals surface area contributed by atoms with E-state index in [1.54, 1.807) is 0 Å². The molecule has 3 rings (SSSR count). The second-order valence-electron chi connectivity index (χ2n) is 6.11. The molecule has 2 aliphatic rings. The summed E-state index contributed by atoms with van der Waals surface area (Å²) in [5.41, 5.74) is 0.410. The Morgan fingerprint density at radius 1 is 1.30 bits per heavy atom. The second-order valence-corrected chi connectivity index (χ2v) is 6.51. The molecule has 1 heterocycles. The van der Waals surface area contributed by atoms with Crippen molar-refractivity contribution in [2.45, 2.75) is 50.2 Å². The van der Waals surface area contributed by atoms with Crippen LogP contribution in [0.15, 0.2) is 18.2 Å². The standard InChI is InChI=1S/C16H19ClFN3O2/c17-10-7-9(5-6-11(10)18)19-15(22)8-14-16(23)21-13-4-2-1-3-12(13)20-14/h5-7,12-14,20H,1-4,8H2,(H,19,22)(H,21,23)/t12-,13+,14-/m1/s1. The third-order valence-corrected chi connectivity index (χ3v) is 4.71. The van der Waals surface area contributed by atoms with Crippen molar-refractivity contribution in [1.29, 1.82) is 0 Å². The van der Waals surface area contributed by atoms with Crippen LogP contribution in [0.2, 0.25) is 5.02 Å². The summed E-state index contributed by atoms with van der Waals surface area (Å²) in [7, 11) is 0. The zero-order valence-corrected chi connectivity index (χ0v) is 13.3. The van der Waals surface area contributed by atoms with E-state index in [9.17, 15) is 14.0 Å². The van der Waals surface area contributed by atoms with Crippen LogP contribution in [-0.4, -0.2) is 29.9 Å². The number of nitrogens with one attached hydrogen (secondary N) is 3. The molecule has 0 radical (unpaired) electrons. The van der Waals surface area contributed by atoms with Crippen molar-refractivity contribution in [2.24, 2.45) is 0 Å². The van der Waals surface area contributed by atoms with Gasteiger partial charge in [0.25, 0.3) is 0 Å². The van der Waals surface area contributed by atoms with Gasteiger partial charge in [0.2, 0.25) is 11.8 Å². The smallest absolute Gasteiger partial charge is 0.237 e. The van der Waals surface area contributed by atoms with Gasteiger partial charge in [-0.1, -0.05) is 24.4 Å². The molecule has 1 aliphatic carbocycles. The summed E-state index contributed by atoms with van der Waals surface area (Å²) < 4.78 is 13.1. The molecule has 1 saturated carbocycles. The number of carbonyl (C=O) groups is 2. The Kier molecular flexibility index (Phi) is 4.82. The maximum absolute atomic E-state index is 13.1. The van der Waals surface area contributed by atoms with Crippen molar-refractivity contribution in [3.8, 4) is 0 Å². The molecule has 2 fully saturated rings. The van der Waals surface area contributed by atoms with Gasteiger partial charge in [0, 0.05) is 17.8 Å². The van der Waals surface area contributed by atoms with Crippen LogP contribution in [0.1, 0.15) is 32.1 Å². The Morgan fingerprint density at radius 3 is 2.78 bits per heavy atom. The fraction of sp³-hybridized carbons (Fsp3) is 0.500. The van der Waals surface area contributed by atoms with Crippen molar-refractivity contribution in [3.63, 3.8) is 0 Å². The highest BCUT2D eigenvalue weighted by Crippen LogP contribution is 2.23. The lowest BCUT2D eigenvalue weighted by atomic mass is 9.87. The number of hydrogen-bond acceptors (Lipinski definition) is 3. The maximum atomic E-state index is 13.1. The number of amides is 2. The minimum atomic E-state index is -0.540. The third-order valence-electron chi connectivity index (χ3n) is 4.42. The van der Waals surface area contributed by atoms with Crippen LogP contribution in [0, 0.1) is 5.82 Å². The number of fused-ring (bicyclic) bond motifs is 1. The Morgan fingerprint density at radius 2 is 2.04 bits per heavy atom. The fourth-order valence-corrected chi connectivity index (χ4v) is 3.42. The van der Waals surface area contributed by atoms with Gasteiger partial charge in [-0.2, -0.15) is 0 Å². The Labute approximate surface area is 139 Å². The molecule has 124 valence electrons. The van der Waals surface area contributed by atoms with Crippen LogP contribution in [0.4, 0.5) is 10.1 Å². The molecule has 0 aromatic heterocycles. The third kappa shape index (κ3) is 3.82. The minimum Gasteiger partial charge on any atom is -0.350 e. The topological polar surface area (TPSA) is 70.2 Å². The van der Waals surface area contributed by atoms with Crippen LogP contribution in [0.25, 0.3) is 0 Å². The zero-order chi connectivity index (χ0) is 16.4. The minimum absolute atomic E-state index is 0.0318. The maximum Gasteiger partial charge on any atom is 0.237 e. The van der Waals surface area contributed by atoms with Gasteiger partial charge < -0.3 is 16.0 Å². The molecule has 0 bridgehead atoms. The lowest BCUT2D eigenvalue weighted by Gasteiger charge is -2.40. The normalized spacial score (nSPS) is 27.0. The van der Waals surface area contributed by atoms with E-state index in [1.807, 2.05) is 0 Å². The van der Waals surface area contributed by atoms with E-state index < -0.39 is 11.9 Å². The number of hydrogen-bond donors (Lipinski definition) is 3. The summed E-state index contributed by atoms with van der Waals surface area (Å²) >= 11 is 5.69. The molecule has 3 atom stereocenters. The van der Waals surface area contributed by atoms with Gasteiger partial charge in [0.15, 0.2) is 0 Å². The number of benzene rings is 1. The molecule has 1 aliphatic heterocycles. The van der Waals surface area contributed by atoms with Crippen molar-refractivity contribution < 1.29 is 14.0 Å². The molecule has 7 heteroatoms. The van der Waals surface area contributed by atoms with Crippen LogP contribution in [-0.2, 0) is 9.59 Å². The van der Waals surface area contributed by atoms with E-state index >= 15 is 0 Å². The highest BCUT2D eigenvalue weighted by Gasteiger charge is 2.36. The van der Waals surface area contributed by atoms with Gasteiger partial charge in [-0.15, -0.1) is 0 Å². The summed E-state index contributed by atoms with van der Waals surface area (Å²) in [5, 5.41) is 8.87. The number of halogens is 2. The molecule has 1 aromatic rings. The van der Waals surface area contributed by atoms with Crippen LogP contribution in [0.3, 0.4) is 0 Å².